The fraction of sp³-hybridized carbons (Fsp3) is 0.316. The van der Waals surface area contributed by atoms with Gasteiger partial charge in [-0.2, -0.15) is 0 Å². The summed E-state index contributed by atoms with van der Waals surface area (Å²) in [7, 11) is 0. The zero-order valence-corrected chi connectivity index (χ0v) is 15.6. The van der Waals surface area contributed by atoms with Crippen LogP contribution in [0.2, 0.25) is 0 Å². The smallest absolute Gasteiger partial charge is 0.290 e. The first-order chi connectivity index (χ1) is 13.3. The van der Waals surface area contributed by atoms with Crippen molar-refractivity contribution in [3.05, 3.63) is 58.9 Å². The van der Waals surface area contributed by atoms with Crippen molar-refractivity contribution in [1.29, 1.82) is 0 Å². The summed E-state index contributed by atoms with van der Waals surface area (Å²) in [6.07, 6.45) is 3.09. The second-order valence-corrected chi connectivity index (χ2v) is 6.43. The highest BCUT2D eigenvalue weighted by Crippen LogP contribution is 2.31. The molecule has 1 aromatic heterocycles. The number of ether oxygens (including phenoxy) is 1. The van der Waals surface area contributed by atoms with E-state index in [1.807, 2.05) is 0 Å². The summed E-state index contributed by atoms with van der Waals surface area (Å²) in [4.78, 5) is 33.2. The molecule has 148 valence electrons. The molecular weight excluding hydrogens is 367 g/mol. The van der Waals surface area contributed by atoms with Crippen LogP contribution in [0.5, 0.6) is 0 Å². The Labute approximate surface area is 161 Å². The number of aryl methyl sites for hydroxylation is 1. The maximum Gasteiger partial charge on any atom is 0.290 e. The zero-order chi connectivity index (χ0) is 20.7. The van der Waals surface area contributed by atoms with Gasteiger partial charge in [-0.05, 0) is 31.5 Å². The van der Waals surface area contributed by atoms with Gasteiger partial charge in [0.1, 0.15) is 29.5 Å². The number of amidine groups is 1. The van der Waals surface area contributed by atoms with Crippen LogP contribution >= 0.6 is 0 Å². The lowest BCUT2D eigenvalue weighted by atomic mass is 9.90. The van der Waals surface area contributed by atoms with Gasteiger partial charge in [0.25, 0.3) is 6.47 Å². The molecule has 28 heavy (non-hydrogen) atoms. The number of aromatic nitrogens is 2. The van der Waals surface area contributed by atoms with Crippen molar-refractivity contribution in [2.45, 2.75) is 25.8 Å². The van der Waals surface area contributed by atoms with Crippen LogP contribution in [-0.2, 0) is 21.5 Å². The van der Waals surface area contributed by atoms with E-state index < -0.39 is 11.4 Å². The Morgan fingerprint density at radius 1 is 1.39 bits per heavy atom. The molecule has 0 saturated carbocycles. The Bertz CT molecular complexity index is 886. The Morgan fingerprint density at radius 3 is 2.71 bits per heavy atom. The highest BCUT2D eigenvalue weighted by Gasteiger charge is 2.32. The Morgan fingerprint density at radius 2 is 2.11 bits per heavy atom. The third-order valence-corrected chi connectivity index (χ3v) is 4.07. The molecule has 0 aliphatic carbocycles. The molecular formula is C19H21FN4O4. The monoisotopic (exact) mass is 388 g/mol. The van der Waals surface area contributed by atoms with Crippen LogP contribution in [0.25, 0.3) is 0 Å². The molecule has 1 aliphatic rings. The quantitative estimate of drug-likeness (QED) is 0.602. The second-order valence-electron chi connectivity index (χ2n) is 6.43. The number of nitrogens with two attached hydrogens (primary N) is 1. The van der Waals surface area contributed by atoms with Crippen molar-refractivity contribution in [3.63, 3.8) is 0 Å². The highest BCUT2D eigenvalue weighted by molar-refractivity contribution is 5.95. The standard InChI is InChI=1S/C18H19FN4O2.CH2O2/c1-11-7-22-15(8-21-11)16(24)6-12-3-4-14(19)13(5-12)18(2)10-25-9-17(20)23-18;2-1-3/h3-5,7-8H,6,9-10H2,1-2H3,(H2,20,23);1H,(H,2,3)/t18-;/m0./s1. The summed E-state index contributed by atoms with van der Waals surface area (Å²) < 4.78 is 19.8. The van der Waals surface area contributed by atoms with E-state index in [0.29, 0.717) is 17.0 Å². The number of ketones is 1. The minimum atomic E-state index is -0.908. The number of rotatable bonds is 4. The minimum absolute atomic E-state index is 0.0984. The number of halogens is 1. The van der Waals surface area contributed by atoms with Crippen LogP contribution in [0.4, 0.5) is 4.39 Å². The number of carbonyl (C=O) groups excluding carboxylic acids is 1. The van der Waals surface area contributed by atoms with Gasteiger partial charge in [-0.25, -0.2) is 9.37 Å². The fourth-order valence-electron chi connectivity index (χ4n) is 2.78. The molecule has 3 rings (SSSR count). The predicted molar refractivity (Wildman–Crippen MR) is 99.7 cm³/mol. The second kappa shape index (κ2) is 9.14. The molecule has 0 unspecified atom stereocenters. The molecule has 0 saturated heterocycles. The third-order valence-electron chi connectivity index (χ3n) is 4.07. The number of nitrogens with zero attached hydrogens (tertiary/aromatic N) is 3. The van der Waals surface area contributed by atoms with Gasteiger partial charge in [0.05, 0.1) is 18.5 Å². The first-order valence-electron chi connectivity index (χ1n) is 8.39. The Hall–Kier alpha value is -3.20. The molecule has 9 heteroatoms. The topological polar surface area (TPSA) is 128 Å². The van der Waals surface area contributed by atoms with Gasteiger partial charge in [-0.15, -0.1) is 0 Å². The van der Waals surface area contributed by atoms with Crippen molar-refractivity contribution < 1.29 is 23.8 Å². The van der Waals surface area contributed by atoms with Gasteiger partial charge in [-0.3, -0.25) is 19.6 Å². The molecule has 0 spiro atoms. The highest BCUT2D eigenvalue weighted by atomic mass is 19.1. The van der Waals surface area contributed by atoms with Crippen LogP contribution in [-0.4, -0.2) is 46.4 Å². The summed E-state index contributed by atoms with van der Waals surface area (Å²) in [5.41, 5.74) is 6.88. The third kappa shape index (κ3) is 5.17. The molecule has 0 bridgehead atoms. The lowest BCUT2D eigenvalue weighted by Crippen LogP contribution is -2.38. The van der Waals surface area contributed by atoms with Gasteiger partial charge >= 0.3 is 0 Å². The molecule has 8 nitrogen and oxygen atoms in total. The first kappa shape index (κ1) is 21.1. The summed E-state index contributed by atoms with van der Waals surface area (Å²) >= 11 is 0. The molecule has 0 fully saturated rings. The number of benzene rings is 1. The summed E-state index contributed by atoms with van der Waals surface area (Å²) in [6.45, 7) is 3.77. The van der Waals surface area contributed by atoms with Crippen molar-refractivity contribution in [2.24, 2.45) is 10.7 Å². The van der Waals surface area contributed by atoms with Crippen molar-refractivity contribution in [1.82, 2.24) is 9.97 Å². The lowest BCUT2D eigenvalue weighted by Gasteiger charge is -2.30. The zero-order valence-electron chi connectivity index (χ0n) is 15.6. The fourth-order valence-corrected chi connectivity index (χ4v) is 2.78. The largest absolute Gasteiger partial charge is 0.483 e. The van der Waals surface area contributed by atoms with E-state index in [4.69, 9.17) is 20.4 Å². The number of carboxylic acid groups (broad SMARTS) is 1. The van der Waals surface area contributed by atoms with Crippen LogP contribution in [0, 0.1) is 12.7 Å². The predicted octanol–water partition coefficient (Wildman–Crippen LogP) is 1.65. The molecule has 1 aliphatic heterocycles. The normalized spacial score (nSPS) is 18.5. The Kier molecular flexibility index (Phi) is 6.89. The molecule has 1 aromatic carbocycles. The van der Waals surface area contributed by atoms with Gasteiger partial charge in [0.2, 0.25) is 0 Å². The average molecular weight is 388 g/mol. The van der Waals surface area contributed by atoms with Crippen molar-refractivity contribution in [3.8, 4) is 0 Å². The van der Waals surface area contributed by atoms with Gasteiger partial charge < -0.3 is 15.6 Å². The average Bonchev–Trinajstić information content (AvgIpc) is 2.64. The van der Waals surface area contributed by atoms with E-state index in [2.05, 4.69) is 15.0 Å². The summed E-state index contributed by atoms with van der Waals surface area (Å²) in [6, 6.07) is 4.56. The molecule has 2 aromatic rings. The van der Waals surface area contributed by atoms with E-state index in [1.165, 1.54) is 12.3 Å². The van der Waals surface area contributed by atoms with E-state index in [1.54, 1.807) is 32.2 Å². The minimum Gasteiger partial charge on any atom is -0.483 e. The van der Waals surface area contributed by atoms with E-state index in [0.717, 1.165) is 5.69 Å². The lowest BCUT2D eigenvalue weighted by molar-refractivity contribution is -0.122. The molecule has 2 heterocycles. The first-order valence-corrected chi connectivity index (χ1v) is 8.39. The van der Waals surface area contributed by atoms with Crippen molar-refractivity contribution in [2.75, 3.05) is 13.2 Å². The molecule has 0 amide bonds. The maximum absolute atomic E-state index is 14.4. The van der Waals surface area contributed by atoms with Crippen LogP contribution in [0.3, 0.4) is 0 Å². The number of aliphatic imine (C=N–C) groups is 1. The van der Waals surface area contributed by atoms with Crippen LogP contribution < -0.4 is 5.73 Å². The number of Topliss-reactive ketones (excluding diaryl/α,β-unsaturated/α-hetero) is 1. The number of hydrogen-bond donors (Lipinski definition) is 2. The van der Waals surface area contributed by atoms with Crippen LogP contribution in [0.1, 0.15) is 34.2 Å². The van der Waals surface area contributed by atoms with Gasteiger partial charge in [-0.1, -0.05) is 6.07 Å². The van der Waals surface area contributed by atoms with Crippen LogP contribution in [0.15, 0.2) is 35.6 Å². The Balaban J connectivity index is 0.000000878. The molecule has 1 atom stereocenters. The summed E-state index contributed by atoms with van der Waals surface area (Å²) in [5, 5.41) is 6.89. The number of carbonyl (C=O) groups is 2. The summed E-state index contributed by atoms with van der Waals surface area (Å²) in [5.74, 6) is -0.265. The van der Waals surface area contributed by atoms with Gasteiger partial charge in [0, 0.05) is 18.2 Å². The maximum atomic E-state index is 14.4. The SMILES string of the molecule is Cc1cnc(C(=O)Cc2ccc(F)c([C@]3(C)COCC(N)=N3)c2)cn1.O=CO. The molecule has 0 radical (unpaired) electrons. The van der Waals surface area contributed by atoms with Crippen molar-refractivity contribution >= 4 is 18.1 Å². The van der Waals surface area contributed by atoms with E-state index in [-0.39, 0.29) is 37.6 Å². The number of hydrogen-bond acceptors (Lipinski definition) is 7. The van der Waals surface area contributed by atoms with E-state index >= 15 is 0 Å². The molecule has 3 N–H and O–H groups in total. The van der Waals surface area contributed by atoms with Gasteiger partial charge in [0.15, 0.2) is 5.78 Å². The van der Waals surface area contributed by atoms with E-state index in [9.17, 15) is 9.18 Å².